The molecule has 0 aliphatic heterocycles. The summed E-state index contributed by atoms with van der Waals surface area (Å²) < 4.78 is 1.20. The van der Waals surface area contributed by atoms with Gasteiger partial charge in [0.1, 0.15) is 12.2 Å². The molecule has 1 heterocycles. The number of carbonyl (C=O) groups excluding carboxylic acids is 1. The van der Waals surface area contributed by atoms with Crippen LogP contribution in [-0.4, -0.2) is 38.0 Å². The number of rotatable bonds is 7. The van der Waals surface area contributed by atoms with Crippen molar-refractivity contribution in [1.82, 2.24) is 20.3 Å². The summed E-state index contributed by atoms with van der Waals surface area (Å²) in [6.45, 7) is 1.83. The molecule has 1 rings (SSSR count). The van der Waals surface area contributed by atoms with Crippen molar-refractivity contribution in [3.8, 4) is 0 Å². The number of aliphatic carboxylic acids is 1. The molecule has 1 aromatic rings. The number of nitrogens with two attached hydrogens (primary N) is 1. The SMILES string of the molecule is CC(N)CCC(=O)NCc1cn(CC(=O)O)nn1. The van der Waals surface area contributed by atoms with Crippen LogP contribution < -0.4 is 11.1 Å². The van der Waals surface area contributed by atoms with Crippen LogP contribution in [-0.2, 0) is 22.7 Å². The van der Waals surface area contributed by atoms with E-state index in [2.05, 4.69) is 15.6 Å². The van der Waals surface area contributed by atoms with Crippen molar-refractivity contribution in [1.29, 1.82) is 0 Å². The largest absolute Gasteiger partial charge is 0.480 e. The molecule has 0 radical (unpaired) electrons. The monoisotopic (exact) mass is 255 g/mol. The molecule has 0 saturated heterocycles. The van der Waals surface area contributed by atoms with E-state index in [9.17, 15) is 9.59 Å². The maximum atomic E-state index is 11.4. The molecular formula is C10H17N5O3. The van der Waals surface area contributed by atoms with E-state index >= 15 is 0 Å². The Morgan fingerprint density at radius 3 is 2.94 bits per heavy atom. The fourth-order valence-electron chi connectivity index (χ4n) is 1.27. The zero-order chi connectivity index (χ0) is 13.5. The van der Waals surface area contributed by atoms with Gasteiger partial charge in [-0.1, -0.05) is 5.21 Å². The van der Waals surface area contributed by atoms with Crippen LogP contribution in [0.1, 0.15) is 25.5 Å². The maximum Gasteiger partial charge on any atom is 0.325 e. The van der Waals surface area contributed by atoms with Gasteiger partial charge in [0.2, 0.25) is 5.91 Å². The molecule has 0 aliphatic carbocycles. The second-order valence-electron chi connectivity index (χ2n) is 4.09. The van der Waals surface area contributed by atoms with Gasteiger partial charge in [0.05, 0.1) is 12.7 Å². The van der Waals surface area contributed by atoms with Crippen molar-refractivity contribution in [2.24, 2.45) is 5.73 Å². The highest BCUT2D eigenvalue weighted by Gasteiger charge is 2.07. The van der Waals surface area contributed by atoms with Gasteiger partial charge in [-0.3, -0.25) is 9.59 Å². The lowest BCUT2D eigenvalue weighted by Gasteiger charge is -2.04. The first-order chi connectivity index (χ1) is 8.47. The molecule has 0 saturated carbocycles. The standard InChI is InChI=1S/C10H17N5O3/c1-7(11)2-3-9(16)12-4-8-5-15(14-13-8)6-10(17)18/h5,7H,2-4,6,11H2,1H3,(H,12,16)(H,17,18). The number of carbonyl (C=O) groups is 2. The Balaban J connectivity index is 2.32. The first-order valence-corrected chi connectivity index (χ1v) is 5.60. The summed E-state index contributed by atoms with van der Waals surface area (Å²) in [6.07, 6.45) is 2.47. The highest BCUT2D eigenvalue weighted by molar-refractivity contribution is 5.75. The lowest BCUT2D eigenvalue weighted by molar-refractivity contribution is -0.138. The molecule has 0 fully saturated rings. The van der Waals surface area contributed by atoms with Crippen LogP contribution in [0.3, 0.4) is 0 Å². The van der Waals surface area contributed by atoms with Gasteiger partial charge >= 0.3 is 5.97 Å². The number of aromatic nitrogens is 3. The van der Waals surface area contributed by atoms with Crippen LogP contribution in [0.2, 0.25) is 0 Å². The number of carboxylic acid groups (broad SMARTS) is 1. The first-order valence-electron chi connectivity index (χ1n) is 5.60. The molecule has 1 atom stereocenters. The van der Waals surface area contributed by atoms with Crippen molar-refractivity contribution in [3.05, 3.63) is 11.9 Å². The summed E-state index contributed by atoms with van der Waals surface area (Å²) in [4.78, 5) is 21.8. The predicted molar refractivity (Wildman–Crippen MR) is 62.4 cm³/mol. The number of nitrogens with one attached hydrogen (secondary N) is 1. The van der Waals surface area contributed by atoms with Crippen molar-refractivity contribution in [2.75, 3.05) is 0 Å². The van der Waals surface area contributed by atoms with Gasteiger partial charge < -0.3 is 16.2 Å². The van der Waals surface area contributed by atoms with E-state index < -0.39 is 5.97 Å². The fraction of sp³-hybridized carbons (Fsp3) is 0.600. The number of nitrogens with zero attached hydrogens (tertiary/aromatic N) is 3. The van der Waals surface area contributed by atoms with Gasteiger partial charge in [-0.05, 0) is 13.3 Å². The molecule has 0 aliphatic rings. The Kier molecular flexibility index (Phi) is 5.25. The highest BCUT2D eigenvalue weighted by atomic mass is 16.4. The number of hydrogen-bond donors (Lipinski definition) is 3. The third-order valence-corrected chi connectivity index (χ3v) is 2.18. The summed E-state index contributed by atoms with van der Waals surface area (Å²) in [5, 5.41) is 18.6. The van der Waals surface area contributed by atoms with Gasteiger partial charge in [-0.2, -0.15) is 0 Å². The summed E-state index contributed by atoms with van der Waals surface area (Å²) in [5.41, 5.74) is 6.06. The third kappa shape index (κ3) is 5.39. The molecule has 0 spiro atoms. The number of amides is 1. The topological polar surface area (TPSA) is 123 Å². The molecule has 8 heteroatoms. The molecule has 0 bridgehead atoms. The summed E-state index contributed by atoms with van der Waals surface area (Å²) in [5.74, 6) is -1.10. The molecule has 8 nitrogen and oxygen atoms in total. The summed E-state index contributed by atoms with van der Waals surface area (Å²) in [7, 11) is 0. The van der Waals surface area contributed by atoms with Crippen LogP contribution >= 0.6 is 0 Å². The van der Waals surface area contributed by atoms with Crippen LogP contribution in [0.25, 0.3) is 0 Å². The number of carboxylic acids is 1. The molecule has 4 N–H and O–H groups in total. The molecule has 18 heavy (non-hydrogen) atoms. The van der Waals surface area contributed by atoms with Crippen LogP contribution in [0.15, 0.2) is 6.20 Å². The van der Waals surface area contributed by atoms with Crippen LogP contribution in [0.5, 0.6) is 0 Å². The Hall–Kier alpha value is -1.96. The zero-order valence-corrected chi connectivity index (χ0v) is 10.2. The van der Waals surface area contributed by atoms with E-state index in [0.29, 0.717) is 18.5 Å². The summed E-state index contributed by atoms with van der Waals surface area (Å²) >= 11 is 0. The van der Waals surface area contributed by atoms with E-state index in [-0.39, 0.29) is 25.0 Å². The van der Waals surface area contributed by atoms with Crippen LogP contribution in [0.4, 0.5) is 0 Å². The van der Waals surface area contributed by atoms with E-state index in [0.717, 1.165) is 0 Å². The van der Waals surface area contributed by atoms with E-state index in [1.165, 1.54) is 10.9 Å². The lowest BCUT2D eigenvalue weighted by Crippen LogP contribution is -2.25. The third-order valence-electron chi connectivity index (χ3n) is 2.18. The number of hydrogen-bond acceptors (Lipinski definition) is 5. The van der Waals surface area contributed by atoms with Crippen molar-refractivity contribution >= 4 is 11.9 Å². The average molecular weight is 255 g/mol. The minimum atomic E-state index is -0.993. The second-order valence-corrected chi connectivity index (χ2v) is 4.09. The van der Waals surface area contributed by atoms with Crippen molar-refractivity contribution < 1.29 is 14.7 Å². The van der Waals surface area contributed by atoms with Gasteiger partial charge in [0, 0.05) is 12.5 Å². The average Bonchev–Trinajstić information content (AvgIpc) is 2.70. The van der Waals surface area contributed by atoms with E-state index in [4.69, 9.17) is 10.8 Å². The van der Waals surface area contributed by atoms with Crippen molar-refractivity contribution in [2.45, 2.75) is 38.9 Å². The Morgan fingerprint density at radius 2 is 2.33 bits per heavy atom. The minimum Gasteiger partial charge on any atom is -0.480 e. The van der Waals surface area contributed by atoms with E-state index in [1.807, 2.05) is 6.92 Å². The van der Waals surface area contributed by atoms with Gasteiger partial charge in [0.25, 0.3) is 0 Å². The van der Waals surface area contributed by atoms with Gasteiger partial charge in [-0.25, -0.2) is 4.68 Å². The molecule has 1 amide bonds. The summed E-state index contributed by atoms with van der Waals surface area (Å²) in [6, 6.07) is -0.00723. The Labute approximate surface area is 104 Å². The Morgan fingerprint density at radius 1 is 1.61 bits per heavy atom. The molecule has 0 aromatic carbocycles. The highest BCUT2D eigenvalue weighted by Crippen LogP contribution is 1.96. The van der Waals surface area contributed by atoms with Gasteiger partial charge in [-0.15, -0.1) is 5.10 Å². The second kappa shape index (κ2) is 6.70. The zero-order valence-electron chi connectivity index (χ0n) is 10.2. The fourth-order valence-corrected chi connectivity index (χ4v) is 1.27. The quantitative estimate of drug-likeness (QED) is 0.580. The smallest absolute Gasteiger partial charge is 0.325 e. The van der Waals surface area contributed by atoms with Crippen molar-refractivity contribution in [3.63, 3.8) is 0 Å². The van der Waals surface area contributed by atoms with Crippen LogP contribution in [0, 0.1) is 0 Å². The first kappa shape index (κ1) is 14.1. The molecular weight excluding hydrogens is 238 g/mol. The molecule has 100 valence electrons. The Bertz CT molecular complexity index is 415. The van der Waals surface area contributed by atoms with E-state index in [1.54, 1.807) is 0 Å². The predicted octanol–water partition coefficient (Wildman–Crippen LogP) is -0.894. The minimum absolute atomic E-state index is 0.00723. The maximum absolute atomic E-state index is 11.4. The normalized spacial score (nSPS) is 12.1. The molecule has 1 aromatic heterocycles. The lowest BCUT2D eigenvalue weighted by atomic mass is 10.2. The molecule has 1 unspecified atom stereocenters. The van der Waals surface area contributed by atoms with Gasteiger partial charge in [0.15, 0.2) is 0 Å².